The lowest BCUT2D eigenvalue weighted by Crippen LogP contribution is -2.11. The van der Waals surface area contributed by atoms with Gasteiger partial charge in [-0.1, -0.05) is 35.9 Å². The van der Waals surface area contributed by atoms with Crippen LogP contribution in [0.2, 0.25) is 5.02 Å². The molecule has 1 heterocycles. The van der Waals surface area contributed by atoms with E-state index in [-0.39, 0.29) is 12.4 Å². The third kappa shape index (κ3) is 5.01. The lowest BCUT2D eigenvalue weighted by Gasteiger charge is -2.10. The smallest absolute Gasteiger partial charge is 0.316 e. The number of hydrogen-bond acceptors (Lipinski definition) is 5. The molecule has 0 amide bonds. The number of allylic oxidation sites excluding steroid dienone is 1. The number of rotatable bonds is 6. The minimum absolute atomic E-state index is 0.206. The summed E-state index contributed by atoms with van der Waals surface area (Å²) >= 11 is 7.41. The van der Waals surface area contributed by atoms with Crippen LogP contribution in [0.5, 0.6) is 11.5 Å². The predicted molar refractivity (Wildman–Crippen MR) is 112 cm³/mol. The van der Waals surface area contributed by atoms with E-state index in [1.54, 1.807) is 48.5 Å². The summed E-state index contributed by atoms with van der Waals surface area (Å²) in [5.74, 6) is 0.399. The summed E-state index contributed by atoms with van der Waals surface area (Å²) in [7, 11) is 1.50. The number of esters is 1. The van der Waals surface area contributed by atoms with Gasteiger partial charge in [0, 0.05) is 9.90 Å². The molecule has 0 saturated heterocycles. The van der Waals surface area contributed by atoms with Crippen LogP contribution >= 0.6 is 22.9 Å². The van der Waals surface area contributed by atoms with Crippen LogP contribution in [0.15, 0.2) is 60.0 Å². The molecule has 0 bridgehead atoms. The standard InChI is InChI=1S/C22H16ClNO3S/c1-26-21-12-15(11-17(14-24)16-5-7-18(23)8-6-16)4-9-20(21)27-22(25)13-19-3-2-10-28-19/h2-12H,13H2,1H3/b17-11-. The van der Waals surface area contributed by atoms with Crippen molar-refractivity contribution in [3.63, 3.8) is 0 Å². The SMILES string of the molecule is COc1cc(/C=C(/C#N)c2ccc(Cl)cc2)ccc1OC(=O)Cc1cccs1. The van der Waals surface area contributed by atoms with Crippen molar-refractivity contribution >= 4 is 40.6 Å². The Kier molecular flexibility index (Phi) is 6.49. The second-order valence-electron chi connectivity index (χ2n) is 5.82. The molecule has 6 heteroatoms. The molecule has 3 aromatic rings. The second kappa shape index (κ2) is 9.23. The minimum atomic E-state index is -0.358. The number of methoxy groups -OCH3 is 1. The quantitative estimate of drug-likeness (QED) is 0.229. The average Bonchev–Trinajstić information content (AvgIpc) is 3.20. The highest BCUT2D eigenvalue weighted by atomic mass is 35.5. The maximum Gasteiger partial charge on any atom is 0.316 e. The molecule has 140 valence electrons. The molecular weight excluding hydrogens is 394 g/mol. The van der Waals surface area contributed by atoms with Crippen LogP contribution in [0.3, 0.4) is 0 Å². The van der Waals surface area contributed by atoms with Crippen LogP contribution in [0.25, 0.3) is 11.6 Å². The van der Waals surface area contributed by atoms with Crippen LogP contribution < -0.4 is 9.47 Å². The summed E-state index contributed by atoms with van der Waals surface area (Å²) in [4.78, 5) is 13.1. The Morgan fingerprint density at radius 1 is 1.18 bits per heavy atom. The Balaban J connectivity index is 1.81. The van der Waals surface area contributed by atoms with Crippen LogP contribution in [0.1, 0.15) is 16.0 Å². The fraction of sp³-hybridized carbons (Fsp3) is 0.0909. The van der Waals surface area contributed by atoms with Crippen LogP contribution in [0, 0.1) is 11.3 Å². The van der Waals surface area contributed by atoms with Crippen molar-refractivity contribution in [1.29, 1.82) is 5.26 Å². The fourth-order valence-corrected chi connectivity index (χ4v) is 3.36. The van der Waals surface area contributed by atoms with Gasteiger partial charge in [-0.25, -0.2) is 0 Å². The number of thiophene rings is 1. The minimum Gasteiger partial charge on any atom is -0.493 e. The van der Waals surface area contributed by atoms with Gasteiger partial charge in [-0.3, -0.25) is 4.79 Å². The van der Waals surface area contributed by atoms with E-state index in [1.807, 2.05) is 17.5 Å². The van der Waals surface area contributed by atoms with Crippen LogP contribution in [-0.2, 0) is 11.2 Å². The van der Waals surface area contributed by atoms with E-state index in [2.05, 4.69) is 6.07 Å². The molecule has 0 atom stereocenters. The third-order valence-corrected chi connectivity index (χ3v) is 5.03. The first-order valence-corrected chi connectivity index (χ1v) is 9.63. The molecule has 0 aliphatic rings. The number of halogens is 1. The highest BCUT2D eigenvalue weighted by molar-refractivity contribution is 7.10. The Labute approximate surface area is 172 Å². The molecule has 3 rings (SSSR count). The molecule has 4 nitrogen and oxygen atoms in total. The third-order valence-electron chi connectivity index (χ3n) is 3.90. The first-order chi connectivity index (χ1) is 13.6. The number of nitriles is 1. The predicted octanol–water partition coefficient (Wildman–Crippen LogP) is 5.62. The number of benzene rings is 2. The van der Waals surface area contributed by atoms with Crippen molar-refractivity contribution in [1.82, 2.24) is 0 Å². The van der Waals surface area contributed by atoms with Gasteiger partial charge < -0.3 is 9.47 Å². The zero-order valence-electron chi connectivity index (χ0n) is 15.0. The van der Waals surface area contributed by atoms with Crippen molar-refractivity contribution < 1.29 is 14.3 Å². The first kappa shape index (κ1) is 19.7. The van der Waals surface area contributed by atoms with Crippen molar-refractivity contribution in [3.8, 4) is 17.6 Å². The van der Waals surface area contributed by atoms with Crippen molar-refractivity contribution in [2.75, 3.05) is 7.11 Å². The van der Waals surface area contributed by atoms with E-state index >= 15 is 0 Å². The Morgan fingerprint density at radius 3 is 2.61 bits per heavy atom. The zero-order chi connectivity index (χ0) is 19.9. The molecule has 28 heavy (non-hydrogen) atoms. The van der Waals surface area contributed by atoms with Gasteiger partial charge in [0.25, 0.3) is 0 Å². The Bertz CT molecular complexity index is 1030. The van der Waals surface area contributed by atoms with E-state index in [0.29, 0.717) is 22.1 Å². The molecule has 0 aliphatic heterocycles. The fourth-order valence-electron chi connectivity index (χ4n) is 2.55. The van der Waals surface area contributed by atoms with E-state index in [1.165, 1.54) is 18.4 Å². The van der Waals surface area contributed by atoms with Gasteiger partial charge in [0.2, 0.25) is 0 Å². The Hall–Kier alpha value is -3.07. The maximum absolute atomic E-state index is 12.1. The number of hydrogen-bond donors (Lipinski definition) is 0. The van der Waals surface area contributed by atoms with Gasteiger partial charge >= 0.3 is 5.97 Å². The average molecular weight is 410 g/mol. The van der Waals surface area contributed by atoms with Crippen LogP contribution in [-0.4, -0.2) is 13.1 Å². The normalized spacial score (nSPS) is 11.0. The molecule has 0 saturated carbocycles. The van der Waals surface area contributed by atoms with Gasteiger partial charge in [0.1, 0.15) is 0 Å². The maximum atomic E-state index is 12.1. The van der Waals surface area contributed by atoms with Crippen molar-refractivity contribution in [2.24, 2.45) is 0 Å². The van der Waals surface area contributed by atoms with Gasteiger partial charge in [0.15, 0.2) is 11.5 Å². The Morgan fingerprint density at radius 2 is 1.96 bits per heavy atom. The number of carbonyl (C=O) groups is 1. The summed E-state index contributed by atoms with van der Waals surface area (Å²) in [5, 5.41) is 12.0. The topological polar surface area (TPSA) is 59.3 Å². The van der Waals surface area contributed by atoms with Crippen LogP contribution in [0.4, 0.5) is 0 Å². The highest BCUT2D eigenvalue weighted by Crippen LogP contribution is 2.30. The monoisotopic (exact) mass is 409 g/mol. The molecule has 2 aromatic carbocycles. The summed E-state index contributed by atoms with van der Waals surface area (Å²) in [5.41, 5.74) is 2.00. The lowest BCUT2D eigenvalue weighted by atomic mass is 10.0. The molecule has 0 radical (unpaired) electrons. The number of nitrogens with zero attached hydrogens (tertiary/aromatic N) is 1. The summed E-state index contributed by atoms with van der Waals surface area (Å²) in [6, 6.07) is 18.2. The van der Waals surface area contributed by atoms with E-state index in [4.69, 9.17) is 21.1 Å². The van der Waals surface area contributed by atoms with E-state index < -0.39 is 0 Å². The van der Waals surface area contributed by atoms with E-state index in [0.717, 1.165) is 16.0 Å². The van der Waals surface area contributed by atoms with Crippen molar-refractivity contribution in [2.45, 2.75) is 6.42 Å². The molecule has 0 unspecified atom stereocenters. The second-order valence-corrected chi connectivity index (χ2v) is 7.29. The van der Waals surface area contributed by atoms with E-state index in [9.17, 15) is 10.1 Å². The van der Waals surface area contributed by atoms with Gasteiger partial charge in [0.05, 0.1) is 25.2 Å². The molecule has 0 fully saturated rings. The largest absolute Gasteiger partial charge is 0.493 e. The highest BCUT2D eigenvalue weighted by Gasteiger charge is 2.12. The van der Waals surface area contributed by atoms with Gasteiger partial charge in [-0.2, -0.15) is 5.26 Å². The molecule has 0 spiro atoms. The van der Waals surface area contributed by atoms with Crippen molar-refractivity contribution in [3.05, 3.63) is 81.0 Å². The lowest BCUT2D eigenvalue weighted by molar-refractivity contribution is -0.133. The summed E-state index contributed by atoms with van der Waals surface area (Å²) < 4.78 is 10.8. The molecule has 0 N–H and O–H groups in total. The summed E-state index contributed by atoms with van der Waals surface area (Å²) in [6.45, 7) is 0. The molecule has 0 aliphatic carbocycles. The molecule has 1 aromatic heterocycles. The summed E-state index contributed by atoms with van der Waals surface area (Å²) in [6.07, 6.45) is 1.95. The number of carbonyl (C=O) groups excluding carboxylic acids is 1. The first-order valence-electron chi connectivity index (χ1n) is 8.38. The van der Waals surface area contributed by atoms with Gasteiger partial charge in [-0.15, -0.1) is 11.3 Å². The number of ether oxygens (including phenoxy) is 2. The zero-order valence-corrected chi connectivity index (χ0v) is 16.6. The van der Waals surface area contributed by atoms with Gasteiger partial charge in [-0.05, 0) is 52.9 Å². The molecular formula is C22H16ClNO3S.